The Hall–Kier alpha value is -3.00. The predicted octanol–water partition coefficient (Wildman–Crippen LogP) is 3.72. The van der Waals surface area contributed by atoms with Gasteiger partial charge in [-0.3, -0.25) is 9.69 Å². The van der Waals surface area contributed by atoms with Crippen LogP contribution in [-0.4, -0.2) is 63.0 Å². The van der Waals surface area contributed by atoms with Crippen LogP contribution < -0.4 is 10.2 Å². The summed E-state index contributed by atoms with van der Waals surface area (Å²) in [6.45, 7) is 8.64. The molecule has 2 saturated heterocycles. The molecule has 1 amide bonds. The van der Waals surface area contributed by atoms with Crippen molar-refractivity contribution in [2.75, 3.05) is 37.6 Å². The van der Waals surface area contributed by atoms with Crippen molar-refractivity contribution in [2.45, 2.75) is 65.0 Å². The van der Waals surface area contributed by atoms with Gasteiger partial charge in [0.05, 0.1) is 5.92 Å². The zero-order valence-electron chi connectivity index (χ0n) is 22.0. The predicted molar refractivity (Wildman–Crippen MR) is 145 cm³/mol. The number of benzene rings is 1. The van der Waals surface area contributed by atoms with Crippen molar-refractivity contribution < 1.29 is 4.79 Å². The molecule has 0 spiro atoms. The van der Waals surface area contributed by atoms with Crippen molar-refractivity contribution in [3.63, 3.8) is 0 Å². The zero-order valence-corrected chi connectivity index (χ0v) is 22.0. The number of carbonyl (C=O) groups is 1. The third-order valence-corrected chi connectivity index (χ3v) is 8.43. The second kappa shape index (κ2) is 10.8. The first-order valence-electron chi connectivity index (χ1n) is 14.1. The Morgan fingerprint density at radius 3 is 2.78 bits per heavy atom. The molecule has 3 aromatic rings. The number of nitrogens with zero attached hydrogens (tertiary/aromatic N) is 6. The van der Waals surface area contributed by atoms with Gasteiger partial charge >= 0.3 is 0 Å². The van der Waals surface area contributed by atoms with Crippen LogP contribution in [0, 0.1) is 18.8 Å². The van der Waals surface area contributed by atoms with Gasteiger partial charge < -0.3 is 14.8 Å². The summed E-state index contributed by atoms with van der Waals surface area (Å²) < 4.78 is 2.28. The molecule has 3 aliphatic heterocycles. The smallest absolute Gasteiger partial charge is 0.224 e. The van der Waals surface area contributed by atoms with Gasteiger partial charge in [-0.15, -0.1) is 0 Å². The molecular formula is C29H39N7O. The van der Waals surface area contributed by atoms with Crippen molar-refractivity contribution in [3.8, 4) is 0 Å². The van der Waals surface area contributed by atoms with Gasteiger partial charge in [0.25, 0.3) is 0 Å². The molecule has 2 fully saturated rings. The number of anilines is 1. The fourth-order valence-corrected chi connectivity index (χ4v) is 6.30. The number of aromatic nitrogens is 4. The standard InChI is InChI=1S/C29H39N7O/c1-21-8-10-22(11-9-21)17-34-15-12-23(18-34)16-30-29(37)24-6-5-13-35(19-24)27-26-28(32-20-31-27)36-14-4-2-3-7-25(36)33-26/h8-11,20,23-24H,2-7,12-19H2,1H3,(H,30,37)/t23-,24+/m1/s1. The molecule has 196 valence electrons. The van der Waals surface area contributed by atoms with Crippen LogP contribution in [0.15, 0.2) is 30.6 Å². The Morgan fingerprint density at radius 2 is 1.89 bits per heavy atom. The first-order chi connectivity index (χ1) is 18.1. The lowest BCUT2D eigenvalue weighted by Crippen LogP contribution is -2.44. The van der Waals surface area contributed by atoms with E-state index in [1.165, 1.54) is 30.4 Å². The maximum Gasteiger partial charge on any atom is 0.224 e. The highest BCUT2D eigenvalue weighted by molar-refractivity contribution is 5.85. The fourth-order valence-electron chi connectivity index (χ4n) is 6.30. The third kappa shape index (κ3) is 5.35. The van der Waals surface area contributed by atoms with Crippen molar-refractivity contribution in [1.29, 1.82) is 0 Å². The number of amides is 1. The molecule has 37 heavy (non-hydrogen) atoms. The topological polar surface area (TPSA) is 79.2 Å². The van der Waals surface area contributed by atoms with Crippen LogP contribution in [0.2, 0.25) is 0 Å². The number of hydrogen-bond acceptors (Lipinski definition) is 6. The van der Waals surface area contributed by atoms with Gasteiger partial charge in [0.2, 0.25) is 5.91 Å². The monoisotopic (exact) mass is 501 g/mol. The van der Waals surface area contributed by atoms with E-state index in [1.807, 2.05) is 0 Å². The number of likely N-dealkylation sites (tertiary alicyclic amines) is 1. The average Bonchev–Trinajstić information content (AvgIpc) is 3.44. The highest BCUT2D eigenvalue weighted by atomic mass is 16.1. The van der Waals surface area contributed by atoms with E-state index in [4.69, 9.17) is 4.98 Å². The van der Waals surface area contributed by atoms with E-state index in [9.17, 15) is 4.79 Å². The van der Waals surface area contributed by atoms with Crippen LogP contribution in [0.5, 0.6) is 0 Å². The van der Waals surface area contributed by atoms with Gasteiger partial charge in [-0.25, -0.2) is 15.0 Å². The van der Waals surface area contributed by atoms with Gasteiger partial charge in [0.15, 0.2) is 17.0 Å². The number of piperidine rings is 1. The molecule has 2 atom stereocenters. The number of hydrogen-bond donors (Lipinski definition) is 1. The first kappa shape index (κ1) is 24.3. The van der Waals surface area contributed by atoms with E-state index < -0.39 is 0 Å². The summed E-state index contributed by atoms with van der Waals surface area (Å²) in [7, 11) is 0. The van der Waals surface area contributed by atoms with Gasteiger partial charge in [-0.05, 0) is 57.1 Å². The lowest BCUT2D eigenvalue weighted by Gasteiger charge is -2.33. The van der Waals surface area contributed by atoms with Gasteiger partial charge in [0, 0.05) is 45.7 Å². The molecule has 5 heterocycles. The van der Waals surface area contributed by atoms with Gasteiger partial charge in [-0.1, -0.05) is 36.2 Å². The molecular weight excluding hydrogens is 462 g/mol. The number of aryl methyl sites for hydroxylation is 3. The Morgan fingerprint density at radius 1 is 1.00 bits per heavy atom. The fraction of sp³-hybridized carbons (Fsp3) is 0.586. The summed E-state index contributed by atoms with van der Waals surface area (Å²) in [5.74, 6) is 2.73. The van der Waals surface area contributed by atoms with Crippen molar-refractivity contribution in [2.24, 2.45) is 11.8 Å². The number of carbonyl (C=O) groups excluding carboxylic acids is 1. The number of imidazole rings is 1. The zero-order chi connectivity index (χ0) is 25.2. The maximum atomic E-state index is 13.2. The molecule has 2 aromatic heterocycles. The minimum Gasteiger partial charge on any atom is -0.355 e. The molecule has 0 saturated carbocycles. The van der Waals surface area contributed by atoms with Crippen LogP contribution >= 0.6 is 0 Å². The Bertz CT molecular complexity index is 1240. The second-order valence-electron chi connectivity index (χ2n) is 11.3. The number of nitrogens with one attached hydrogen (secondary N) is 1. The Kier molecular flexibility index (Phi) is 7.09. The van der Waals surface area contributed by atoms with E-state index in [-0.39, 0.29) is 11.8 Å². The largest absolute Gasteiger partial charge is 0.355 e. The summed E-state index contributed by atoms with van der Waals surface area (Å²) in [4.78, 5) is 32.2. The van der Waals surface area contributed by atoms with Crippen LogP contribution in [0.25, 0.3) is 11.2 Å². The summed E-state index contributed by atoms with van der Waals surface area (Å²) in [6, 6.07) is 8.83. The Balaban J connectivity index is 1.05. The average molecular weight is 502 g/mol. The van der Waals surface area contributed by atoms with Crippen molar-refractivity contribution in [1.82, 2.24) is 29.7 Å². The molecule has 1 N–H and O–H groups in total. The molecule has 0 radical (unpaired) electrons. The highest BCUT2D eigenvalue weighted by Crippen LogP contribution is 2.29. The van der Waals surface area contributed by atoms with E-state index in [1.54, 1.807) is 6.33 Å². The number of rotatable bonds is 6. The van der Waals surface area contributed by atoms with Crippen LogP contribution in [0.1, 0.15) is 55.5 Å². The Labute approximate surface area is 219 Å². The van der Waals surface area contributed by atoms with E-state index in [0.29, 0.717) is 12.5 Å². The van der Waals surface area contributed by atoms with Crippen LogP contribution in [0.3, 0.4) is 0 Å². The first-order valence-corrected chi connectivity index (χ1v) is 14.1. The molecule has 6 rings (SSSR count). The normalized spacial score (nSPS) is 22.7. The van der Waals surface area contributed by atoms with Crippen LogP contribution in [-0.2, 0) is 24.3 Å². The second-order valence-corrected chi connectivity index (χ2v) is 11.3. The summed E-state index contributed by atoms with van der Waals surface area (Å²) in [5.41, 5.74) is 4.52. The summed E-state index contributed by atoms with van der Waals surface area (Å²) in [6.07, 6.45) is 9.35. The summed E-state index contributed by atoms with van der Waals surface area (Å²) >= 11 is 0. The van der Waals surface area contributed by atoms with Gasteiger partial charge in [-0.2, -0.15) is 0 Å². The molecule has 0 aliphatic carbocycles. The minimum atomic E-state index is -0.00994. The number of fused-ring (bicyclic) bond motifs is 3. The quantitative estimate of drug-likeness (QED) is 0.555. The summed E-state index contributed by atoms with van der Waals surface area (Å²) in [5, 5.41) is 3.30. The van der Waals surface area contributed by atoms with E-state index in [0.717, 1.165) is 87.8 Å². The van der Waals surface area contributed by atoms with Gasteiger partial charge in [0.1, 0.15) is 12.2 Å². The molecule has 0 unspecified atom stereocenters. The highest BCUT2D eigenvalue weighted by Gasteiger charge is 2.30. The third-order valence-electron chi connectivity index (χ3n) is 8.43. The SMILES string of the molecule is Cc1ccc(CN2CC[C@H](CNC(=O)[C@H]3CCCN(c4ncnc5c4nc4n5CCCCC4)C3)C2)cc1. The molecule has 1 aromatic carbocycles. The van der Waals surface area contributed by atoms with Crippen molar-refractivity contribution in [3.05, 3.63) is 47.5 Å². The lowest BCUT2D eigenvalue weighted by atomic mass is 9.96. The molecule has 0 bridgehead atoms. The van der Waals surface area contributed by atoms with Crippen LogP contribution in [0.4, 0.5) is 5.82 Å². The minimum absolute atomic E-state index is 0.00994. The molecule has 8 heteroatoms. The lowest BCUT2D eigenvalue weighted by molar-refractivity contribution is -0.125. The van der Waals surface area contributed by atoms with E-state index in [2.05, 4.69) is 60.8 Å². The maximum absolute atomic E-state index is 13.2. The van der Waals surface area contributed by atoms with E-state index >= 15 is 0 Å². The molecule has 3 aliphatic rings. The molecule has 8 nitrogen and oxygen atoms in total. The van der Waals surface area contributed by atoms with Crippen molar-refractivity contribution >= 4 is 22.9 Å².